The first kappa shape index (κ1) is 35.6. The largest absolute Gasteiger partial charge is 0.492 e. The van der Waals surface area contributed by atoms with Gasteiger partial charge in [0, 0.05) is 34.5 Å². The number of nitrogens with two attached hydrogens (primary N) is 2. The van der Waals surface area contributed by atoms with Crippen LogP contribution in [0.25, 0.3) is 0 Å². The number of methoxy groups -OCH3 is 1. The molecule has 0 radical (unpaired) electrons. The lowest BCUT2D eigenvalue weighted by Gasteiger charge is -2.43. The number of carboxylic acid groups (broad SMARTS) is 1. The van der Waals surface area contributed by atoms with Gasteiger partial charge in [0.25, 0.3) is 0 Å². The van der Waals surface area contributed by atoms with E-state index in [1.165, 1.54) is 7.11 Å². The van der Waals surface area contributed by atoms with Crippen molar-refractivity contribution in [3.63, 3.8) is 0 Å². The standard InChI is InChI=1S/C34H38N4O14/c1-46-30-20(48-13-39)3-2-17-18-12-47-21-7-16(6-15(24(21)28(18)51-29(17)30)10-38-9-14-4-5-37-19(14)11-38)49-34-27(45)25(43)26(44)31(52-34)32(33(35)36)50-23(42)8-22(40)41/h2-7,11,18,25-28,31-34,39,43-45H,8-10,12-13,35-36H2,1H3,(H,40,41)/p+1. The molecule has 1 fully saturated rings. The molecule has 9 atom stereocenters. The number of aliphatic hydroxyl groups is 4. The van der Waals surface area contributed by atoms with Crippen LogP contribution in [0.15, 0.2) is 52.8 Å². The van der Waals surface area contributed by atoms with Gasteiger partial charge in [-0.05, 0) is 18.2 Å². The molecule has 5 heterocycles. The predicted octanol–water partition coefficient (Wildman–Crippen LogP) is -2.30. The van der Waals surface area contributed by atoms with E-state index >= 15 is 0 Å². The van der Waals surface area contributed by atoms with Crippen molar-refractivity contribution in [3.8, 4) is 28.7 Å². The lowest BCUT2D eigenvalue weighted by molar-refractivity contribution is -0.851. The van der Waals surface area contributed by atoms with Crippen molar-refractivity contribution in [2.45, 2.75) is 68.0 Å². The number of fused-ring (bicyclic) bond motifs is 6. The van der Waals surface area contributed by atoms with Crippen LogP contribution in [0.5, 0.6) is 28.7 Å². The molecule has 18 nitrogen and oxygen atoms in total. The smallest absolute Gasteiger partial charge is 0.317 e. The van der Waals surface area contributed by atoms with E-state index in [2.05, 4.69) is 4.99 Å². The Balaban J connectivity index is 1.21. The highest BCUT2D eigenvalue weighted by Crippen LogP contribution is 2.57. The van der Waals surface area contributed by atoms with Crippen molar-refractivity contribution in [1.29, 1.82) is 0 Å². The van der Waals surface area contributed by atoms with Gasteiger partial charge in [0.1, 0.15) is 73.4 Å². The molecule has 2 aromatic carbocycles. The van der Waals surface area contributed by atoms with Crippen molar-refractivity contribution in [1.82, 2.24) is 0 Å². The van der Waals surface area contributed by atoms with E-state index in [4.69, 9.17) is 49.7 Å². The van der Waals surface area contributed by atoms with Crippen LogP contribution < -0.4 is 40.1 Å². The maximum atomic E-state index is 12.2. The molecule has 10 N–H and O–H groups in total. The highest BCUT2D eigenvalue weighted by Gasteiger charge is 2.51. The summed E-state index contributed by atoms with van der Waals surface area (Å²) in [6, 6.07) is 6.86. The van der Waals surface area contributed by atoms with Gasteiger partial charge in [0.15, 0.2) is 24.4 Å². The number of aliphatic hydroxyl groups excluding tert-OH is 4. The molecule has 0 saturated carbocycles. The van der Waals surface area contributed by atoms with Crippen LogP contribution in [-0.4, -0.2) is 114 Å². The van der Waals surface area contributed by atoms with Crippen LogP contribution in [0.4, 0.5) is 0 Å². The van der Waals surface area contributed by atoms with E-state index < -0.39 is 74.2 Å². The fourth-order valence-electron chi connectivity index (χ4n) is 7.21. The molecule has 0 aromatic heterocycles. The number of esters is 1. The minimum atomic E-state index is -1.87. The lowest BCUT2D eigenvalue weighted by atomic mass is 9.86. The third-order valence-corrected chi connectivity index (χ3v) is 9.56. The zero-order chi connectivity index (χ0) is 36.8. The Bertz CT molecular complexity index is 1830. The van der Waals surface area contributed by atoms with Gasteiger partial charge in [0.2, 0.25) is 12.0 Å². The number of nitrogens with one attached hydrogen (secondary N) is 1. The number of quaternary nitrogens is 1. The van der Waals surface area contributed by atoms with Crippen LogP contribution in [-0.2, 0) is 25.6 Å². The van der Waals surface area contributed by atoms with Crippen LogP contribution in [0.2, 0.25) is 0 Å². The minimum Gasteiger partial charge on any atom is -0.492 e. The van der Waals surface area contributed by atoms with Gasteiger partial charge >= 0.3 is 11.9 Å². The summed E-state index contributed by atoms with van der Waals surface area (Å²) in [5, 5.41) is 50.9. The second kappa shape index (κ2) is 14.3. The van der Waals surface area contributed by atoms with Crippen molar-refractivity contribution >= 4 is 18.2 Å². The van der Waals surface area contributed by atoms with E-state index in [0.29, 0.717) is 36.1 Å². The molecule has 5 aliphatic rings. The van der Waals surface area contributed by atoms with Gasteiger partial charge in [-0.25, -0.2) is 0 Å². The number of hydrogen-bond donors (Lipinski definition) is 8. The Morgan fingerprint density at radius 1 is 1.13 bits per heavy atom. The molecule has 278 valence electrons. The van der Waals surface area contributed by atoms with Gasteiger partial charge in [-0.3, -0.25) is 19.5 Å². The number of carboxylic acids is 1. The maximum Gasteiger partial charge on any atom is 0.317 e. The Morgan fingerprint density at radius 3 is 2.65 bits per heavy atom. The minimum absolute atomic E-state index is 0.158. The third-order valence-electron chi connectivity index (χ3n) is 9.56. The molecule has 52 heavy (non-hydrogen) atoms. The van der Waals surface area contributed by atoms with Crippen molar-refractivity contribution in [2.24, 2.45) is 16.5 Å². The number of hydrogen-bond acceptors (Lipinski definition) is 16. The van der Waals surface area contributed by atoms with Gasteiger partial charge in [-0.15, -0.1) is 0 Å². The molecule has 7 rings (SSSR count). The highest BCUT2D eigenvalue weighted by atomic mass is 16.7. The van der Waals surface area contributed by atoms with Crippen LogP contribution in [0.1, 0.15) is 35.1 Å². The van der Waals surface area contributed by atoms with Crippen LogP contribution in [0.3, 0.4) is 0 Å². The molecule has 18 heteroatoms. The Hall–Kier alpha value is -4.79. The maximum absolute atomic E-state index is 12.2. The Labute approximate surface area is 296 Å². The summed E-state index contributed by atoms with van der Waals surface area (Å²) in [4.78, 5) is 28.7. The van der Waals surface area contributed by atoms with Crippen molar-refractivity contribution in [3.05, 3.63) is 64.5 Å². The monoisotopic (exact) mass is 727 g/mol. The van der Waals surface area contributed by atoms with E-state index in [-0.39, 0.29) is 18.3 Å². The number of ether oxygens (including phenoxy) is 7. The second-order valence-corrected chi connectivity index (χ2v) is 12.9. The average molecular weight is 728 g/mol. The summed E-state index contributed by atoms with van der Waals surface area (Å²) >= 11 is 0. The first-order chi connectivity index (χ1) is 25.0. The van der Waals surface area contributed by atoms with Crippen molar-refractivity contribution in [2.75, 3.05) is 27.1 Å². The normalized spacial score (nSPS) is 28.7. The zero-order valence-corrected chi connectivity index (χ0v) is 27.8. The Kier molecular flexibility index (Phi) is 9.81. The molecule has 1 saturated heterocycles. The highest BCUT2D eigenvalue weighted by molar-refractivity contribution is 5.90. The number of aliphatic imine (C=N–C) groups is 1. The van der Waals surface area contributed by atoms with E-state index in [1.54, 1.807) is 24.4 Å². The summed E-state index contributed by atoms with van der Waals surface area (Å²) in [6.45, 7) is 0.756. The molecule has 0 bridgehead atoms. The molecule has 0 amide bonds. The average Bonchev–Trinajstić information content (AvgIpc) is 3.81. The number of nitrogens with zero attached hydrogens (tertiary/aromatic N) is 1. The van der Waals surface area contributed by atoms with E-state index in [0.717, 1.165) is 32.9 Å². The molecular formula is C34H39N4O14+. The summed E-state index contributed by atoms with van der Waals surface area (Å²) in [5.74, 6) is -1.23. The fraction of sp³-hybridized carbons (Fsp3) is 0.441. The Morgan fingerprint density at radius 2 is 1.94 bits per heavy atom. The summed E-state index contributed by atoms with van der Waals surface area (Å²) in [7, 11) is 1.48. The topological polar surface area (TPSA) is 269 Å². The number of aliphatic carboxylic acids is 1. The molecule has 5 aliphatic heterocycles. The van der Waals surface area contributed by atoms with E-state index in [9.17, 15) is 30.0 Å². The number of carbonyl (C=O) groups excluding carboxylic acids is 1. The summed E-state index contributed by atoms with van der Waals surface area (Å²) < 4.78 is 41.0. The van der Waals surface area contributed by atoms with Gasteiger partial charge in [-0.1, -0.05) is 6.07 Å². The van der Waals surface area contributed by atoms with E-state index in [1.807, 2.05) is 18.3 Å². The van der Waals surface area contributed by atoms with Crippen LogP contribution in [0, 0.1) is 0 Å². The molecule has 2 aromatic rings. The lowest BCUT2D eigenvalue weighted by Crippen LogP contribution is -3.04. The third kappa shape index (κ3) is 6.54. The first-order valence-electron chi connectivity index (χ1n) is 16.5. The first-order valence-corrected chi connectivity index (χ1v) is 16.5. The summed E-state index contributed by atoms with van der Waals surface area (Å²) in [5.41, 5.74) is 15.9. The van der Waals surface area contributed by atoms with Crippen LogP contribution >= 0.6 is 0 Å². The number of rotatable bonds is 12. The number of benzene rings is 2. The molecule has 0 aliphatic carbocycles. The van der Waals surface area contributed by atoms with Gasteiger partial charge in [-0.2, -0.15) is 0 Å². The van der Waals surface area contributed by atoms with Gasteiger partial charge < -0.3 is 70.2 Å². The molecule has 0 spiro atoms. The number of carbonyl (C=O) groups is 2. The predicted molar refractivity (Wildman–Crippen MR) is 175 cm³/mol. The number of allylic oxidation sites excluding steroid dienone is 1. The zero-order valence-electron chi connectivity index (χ0n) is 27.8. The molecule has 9 unspecified atom stereocenters. The SMILES string of the molecule is COc1c(OCO)ccc2c1OC1c3c(C[NH+]4C=C5N=CC=C5C4)cc(OC4OC(C(OC(=O)CC(=O)O)C(N)N)C(O)C(O)C4O)cc3OCC21. The quantitative estimate of drug-likeness (QED) is 0.0649. The van der Waals surface area contributed by atoms with Crippen molar-refractivity contribution < 1.29 is 73.2 Å². The summed E-state index contributed by atoms with van der Waals surface area (Å²) in [6.07, 6.45) is -7.70. The molecular weight excluding hydrogens is 688 g/mol. The second-order valence-electron chi connectivity index (χ2n) is 12.9. The fourth-order valence-corrected chi connectivity index (χ4v) is 7.21. The van der Waals surface area contributed by atoms with Gasteiger partial charge in [0.05, 0.1) is 25.8 Å².